The highest BCUT2D eigenvalue weighted by Crippen LogP contribution is 2.34. The van der Waals surface area contributed by atoms with E-state index >= 15 is 0 Å². The van der Waals surface area contributed by atoms with Crippen molar-refractivity contribution in [2.24, 2.45) is 0 Å². The number of carbonyl (C=O) groups excluding carboxylic acids is 1. The molecule has 1 atom stereocenters. The molecular weight excluding hydrogens is 518 g/mol. The second-order valence-corrected chi connectivity index (χ2v) is 12.3. The Morgan fingerprint density at radius 2 is 1.74 bits per heavy atom. The van der Waals surface area contributed by atoms with Crippen LogP contribution < -0.4 is 9.21 Å². The Kier molecular flexibility index (Phi) is 7.52. The predicted octanol–water partition coefficient (Wildman–Crippen LogP) is 5.95. The quantitative estimate of drug-likeness (QED) is 0.271. The molecule has 0 N–H and O–H groups in total. The molecule has 5 rings (SSSR count). The predicted molar refractivity (Wildman–Crippen MR) is 153 cm³/mol. The molecule has 3 aromatic carbocycles. The Balaban J connectivity index is 1.47. The van der Waals surface area contributed by atoms with Gasteiger partial charge in [-0.25, -0.2) is 13.4 Å². The Bertz CT molecular complexity index is 1510. The van der Waals surface area contributed by atoms with Gasteiger partial charge in [-0.1, -0.05) is 41.7 Å². The zero-order valence-corrected chi connectivity index (χ0v) is 23.4. The van der Waals surface area contributed by atoms with Gasteiger partial charge in [0.1, 0.15) is 0 Å². The number of aromatic nitrogens is 1. The first-order valence-corrected chi connectivity index (χ1v) is 15.0. The fourth-order valence-electron chi connectivity index (χ4n) is 4.74. The number of carbonyl (C=O) groups is 1. The smallest absolute Gasteiger partial charge is 0.264 e. The van der Waals surface area contributed by atoms with Crippen molar-refractivity contribution in [3.05, 3.63) is 83.4 Å². The molecule has 38 heavy (non-hydrogen) atoms. The molecule has 4 aromatic rings. The van der Waals surface area contributed by atoms with Gasteiger partial charge in [-0.3, -0.25) is 14.0 Å². The number of rotatable bonds is 8. The first-order chi connectivity index (χ1) is 18.3. The van der Waals surface area contributed by atoms with E-state index in [1.807, 2.05) is 38.1 Å². The van der Waals surface area contributed by atoms with Gasteiger partial charge in [0.2, 0.25) is 0 Å². The number of amides is 1. The number of hydrogen-bond acceptors (Lipinski definition) is 6. The number of anilines is 2. The molecule has 0 aliphatic carbocycles. The first-order valence-electron chi connectivity index (χ1n) is 12.8. The van der Waals surface area contributed by atoms with Crippen LogP contribution in [-0.4, -0.2) is 45.1 Å². The summed E-state index contributed by atoms with van der Waals surface area (Å²) in [6, 6.07) is 19.3. The van der Waals surface area contributed by atoms with Gasteiger partial charge in [0.15, 0.2) is 5.13 Å². The summed E-state index contributed by atoms with van der Waals surface area (Å²) in [5.74, 6) is -0.228. The summed E-state index contributed by atoms with van der Waals surface area (Å²) in [5, 5.41) is 0.621. The third kappa shape index (κ3) is 5.06. The lowest BCUT2D eigenvalue weighted by Crippen LogP contribution is -2.37. The van der Waals surface area contributed by atoms with Gasteiger partial charge < -0.3 is 4.74 Å². The van der Waals surface area contributed by atoms with Crippen LogP contribution in [0.3, 0.4) is 0 Å². The molecule has 1 aliphatic rings. The maximum atomic E-state index is 13.8. The maximum absolute atomic E-state index is 13.8. The van der Waals surface area contributed by atoms with E-state index in [-0.39, 0.29) is 16.9 Å². The van der Waals surface area contributed by atoms with Gasteiger partial charge in [-0.2, -0.15) is 0 Å². The second kappa shape index (κ2) is 10.8. The Morgan fingerprint density at radius 1 is 1.03 bits per heavy atom. The third-order valence-electron chi connectivity index (χ3n) is 6.84. The molecule has 0 spiro atoms. The standard InChI is InChI=1S/C29H31N3O4S2/c1-4-32(23-9-6-5-7-10-23)38(34,35)25-16-14-22(15-17-25)28(33)31(19-24-11-8-18-36-24)29-30-26-20(2)12-13-21(3)27(26)37-29/h5-7,9-10,12-17,24H,4,8,11,18-19H2,1-3H3. The van der Waals surface area contributed by atoms with Crippen LogP contribution >= 0.6 is 11.3 Å². The molecule has 9 heteroatoms. The normalized spacial score (nSPS) is 15.6. The van der Waals surface area contributed by atoms with Gasteiger partial charge in [0.25, 0.3) is 15.9 Å². The number of thiazole rings is 1. The van der Waals surface area contributed by atoms with Crippen LogP contribution in [0.25, 0.3) is 10.2 Å². The van der Waals surface area contributed by atoms with E-state index in [1.165, 1.54) is 27.8 Å². The fourth-order valence-corrected chi connectivity index (χ4v) is 7.33. The van der Waals surface area contributed by atoms with E-state index in [0.29, 0.717) is 36.1 Å². The van der Waals surface area contributed by atoms with Gasteiger partial charge in [0, 0.05) is 18.7 Å². The molecular formula is C29H31N3O4S2. The fraction of sp³-hybridized carbons (Fsp3) is 0.310. The van der Waals surface area contributed by atoms with Crippen LogP contribution in [0.2, 0.25) is 0 Å². The van der Waals surface area contributed by atoms with E-state index in [0.717, 1.165) is 34.2 Å². The van der Waals surface area contributed by atoms with Gasteiger partial charge >= 0.3 is 0 Å². The van der Waals surface area contributed by atoms with Crippen LogP contribution in [0.1, 0.15) is 41.3 Å². The van der Waals surface area contributed by atoms with Crippen LogP contribution in [0, 0.1) is 13.8 Å². The molecule has 1 aromatic heterocycles. The number of nitrogens with zero attached hydrogens (tertiary/aromatic N) is 3. The summed E-state index contributed by atoms with van der Waals surface area (Å²) in [5.41, 5.74) is 4.08. The number of para-hydroxylation sites is 1. The lowest BCUT2D eigenvalue weighted by Gasteiger charge is -2.24. The number of sulfonamides is 1. The van der Waals surface area contributed by atoms with Crippen molar-refractivity contribution in [1.82, 2.24) is 4.98 Å². The van der Waals surface area contributed by atoms with Gasteiger partial charge in [0.05, 0.1) is 33.4 Å². The van der Waals surface area contributed by atoms with E-state index < -0.39 is 10.0 Å². The highest BCUT2D eigenvalue weighted by atomic mass is 32.2. The zero-order chi connectivity index (χ0) is 26.9. The van der Waals surface area contributed by atoms with Crippen molar-refractivity contribution in [1.29, 1.82) is 0 Å². The maximum Gasteiger partial charge on any atom is 0.264 e. The van der Waals surface area contributed by atoms with Crippen molar-refractivity contribution in [3.8, 4) is 0 Å². The number of benzene rings is 3. The number of ether oxygens (including phenoxy) is 1. The van der Waals surface area contributed by atoms with Crippen molar-refractivity contribution in [2.45, 2.75) is 44.6 Å². The average molecular weight is 550 g/mol. The lowest BCUT2D eigenvalue weighted by molar-refractivity contribution is 0.0917. The van der Waals surface area contributed by atoms with Crippen LogP contribution in [-0.2, 0) is 14.8 Å². The molecule has 198 valence electrons. The van der Waals surface area contributed by atoms with Crippen LogP contribution in [0.5, 0.6) is 0 Å². The minimum atomic E-state index is -3.79. The molecule has 0 saturated carbocycles. The minimum absolute atomic E-state index is 0.0585. The van der Waals surface area contributed by atoms with E-state index in [4.69, 9.17) is 9.72 Å². The van der Waals surface area contributed by atoms with Crippen LogP contribution in [0.15, 0.2) is 71.6 Å². The highest BCUT2D eigenvalue weighted by Gasteiger charge is 2.29. The molecule has 1 saturated heterocycles. The van der Waals surface area contributed by atoms with Crippen molar-refractivity contribution in [2.75, 3.05) is 28.9 Å². The topological polar surface area (TPSA) is 79.8 Å². The minimum Gasteiger partial charge on any atom is -0.376 e. The molecule has 1 fully saturated rings. The molecule has 1 aliphatic heterocycles. The van der Waals surface area contributed by atoms with Gasteiger partial charge in [-0.05, 0) is 81.1 Å². The zero-order valence-electron chi connectivity index (χ0n) is 21.8. The molecule has 1 unspecified atom stereocenters. The molecule has 1 amide bonds. The van der Waals surface area contributed by atoms with Gasteiger partial charge in [-0.15, -0.1) is 0 Å². The molecule has 0 bridgehead atoms. The SMILES string of the molecule is CCN(c1ccccc1)S(=O)(=O)c1ccc(C(=O)N(CC2CCCO2)c2nc3c(C)ccc(C)c3s2)cc1. The Hall–Kier alpha value is -3.27. The summed E-state index contributed by atoms with van der Waals surface area (Å²) in [6.07, 6.45) is 1.79. The molecule has 7 nitrogen and oxygen atoms in total. The largest absolute Gasteiger partial charge is 0.376 e. The molecule has 0 radical (unpaired) electrons. The second-order valence-electron chi connectivity index (χ2n) is 9.45. The Labute approximate surface area is 227 Å². The summed E-state index contributed by atoms with van der Waals surface area (Å²) < 4.78 is 35.1. The third-order valence-corrected chi connectivity index (χ3v) is 9.97. The molecule has 2 heterocycles. The lowest BCUT2D eigenvalue weighted by atomic mass is 10.1. The van der Waals surface area contributed by atoms with Crippen LogP contribution in [0.4, 0.5) is 10.8 Å². The summed E-state index contributed by atoms with van der Waals surface area (Å²) in [4.78, 5) is 20.5. The Morgan fingerprint density at radius 3 is 2.37 bits per heavy atom. The number of hydrogen-bond donors (Lipinski definition) is 0. The average Bonchev–Trinajstić information content (AvgIpc) is 3.61. The van der Waals surface area contributed by atoms with E-state index in [2.05, 4.69) is 6.07 Å². The highest BCUT2D eigenvalue weighted by molar-refractivity contribution is 7.92. The van der Waals surface area contributed by atoms with Crippen molar-refractivity contribution < 1.29 is 17.9 Å². The number of aryl methyl sites for hydroxylation is 2. The first kappa shape index (κ1) is 26.3. The summed E-state index contributed by atoms with van der Waals surface area (Å²) >= 11 is 1.50. The monoisotopic (exact) mass is 549 g/mol. The summed E-state index contributed by atoms with van der Waals surface area (Å²) in [6.45, 7) is 7.24. The number of fused-ring (bicyclic) bond motifs is 1. The van der Waals surface area contributed by atoms with Crippen molar-refractivity contribution >= 4 is 48.3 Å². The summed E-state index contributed by atoms with van der Waals surface area (Å²) in [7, 11) is -3.79. The van der Waals surface area contributed by atoms with Crippen molar-refractivity contribution in [3.63, 3.8) is 0 Å². The van der Waals surface area contributed by atoms with E-state index in [9.17, 15) is 13.2 Å². The van der Waals surface area contributed by atoms with E-state index in [1.54, 1.807) is 36.1 Å².